The molecule has 2 nitrogen and oxygen atoms in total. The highest BCUT2D eigenvalue weighted by Gasteiger charge is 2.25. The zero-order valence-corrected chi connectivity index (χ0v) is 26.2. The number of rotatable bonds is 4. The number of hydrogen-bond donors (Lipinski definition) is 0. The Bertz CT molecular complexity index is 2810. The standard InChI is InChI=1S/C44H27NOS/c1-2-12-28(13-3-1)31-26-27-38(42-36-17-7-9-23-41(36)47-44(31)42)45(39-21-11-19-35-34-16-6-8-22-40(34)46-43(35)39)37-20-10-18-32-30-15-5-4-14-29(30)24-25-33(32)37/h1-27H. The van der Waals surface area contributed by atoms with Crippen molar-refractivity contribution in [3.8, 4) is 11.1 Å². The third-order valence-electron chi connectivity index (χ3n) is 9.46. The van der Waals surface area contributed by atoms with Crippen LogP contribution >= 0.6 is 11.3 Å². The van der Waals surface area contributed by atoms with Crippen molar-refractivity contribution in [2.24, 2.45) is 0 Å². The first-order chi connectivity index (χ1) is 23.3. The fourth-order valence-corrected chi connectivity index (χ4v) is 8.62. The Morgan fingerprint density at radius 1 is 0.426 bits per heavy atom. The van der Waals surface area contributed by atoms with E-state index in [0.717, 1.165) is 39.0 Å². The summed E-state index contributed by atoms with van der Waals surface area (Å²) >= 11 is 1.87. The van der Waals surface area contributed by atoms with Gasteiger partial charge in [-0.2, -0.15) is 0 Å². The molecule has 0 radical (unpaired) electrons. The van der Waals surface area contributed by atoms with Gasteiger partial charge in [0.05, 0.1) is 17.1 Å². The fraction of sp³-hybridized carbons (Fsp3) is 0. The van der Waals surface area contributed by atoms with Gasteiger partial charge in [0.2, 0.25) is 0 Å². The molecular weight excluding hydrogens is 591 g/mol. The van der Waals surface area contributed by atoms with Crippen molar-refractivity contribution in [3.05, 3.63) is 164 Å². The van der Waals surface area contributed by atoms with Gasteiger partial charge in [-0.3, -0.25) is 0 Å². The van der Waals surface area contributed by atoms with Gasteiger partial charge in [-0.05, 0) is 57.6 Å². The molecule has 0 amide bonds. The molecule has 0 saturated heterocycles. The van der Waals surface area contributed by atoms with Crippen molar-refractivity contribution in [1.29, 1.82) is 0 Å². The zero-order chi connectivity index (χ0) is 30.9. The third-order valence-corrected chi connectivity index (χ3v) is 10.7. The molecule has 8 aromatic carbocycles. The quantitative estimate of drug-likeness (QED) is 0.183. The number of furan rings is 1. The number of hydrogen-bond acceptors (Lipinski definition) is 3. The summed E-state index contributed by atoms with van der Waals surface area (Å²) in [7, 11) is 0. The molecular formula is C44H27NOS. The second-order valence-electron chi connectivity index (χ2n) is 12.0. The van der Waals surface area contributed by atoms with Crippen LogP contribution in [0.3, 0.4) is 0 Å². The predicted octanol–water partition coefficient (Wildman–Crippen LogP) is 13.4. The molecule has 220 valence electrons. The Labute approximate surface area is 275 Å². The van der Waals surface area contributed by atoms with Gasteiger partial charge in [0.1, 0.15) is 5.58 Å². The number of benzene rings is 8. The molecule has 2 heterocycles. The lowest BCUT2D eigenvalue weighted by molar-refractivity contribution is 0.669. The molecule has 0 unspecified atom stereocenters. The molecule has 0 aliphatic rings. The number of fused-ring (bicyclic) bond motifs is 9. The highest BCUT2D eigenvalue weighted by atomic mass is 32.1. The van der Waals surface area contributed by atoms with Crippen molar-refractivity contribution in [2.75, 3.05) is 4.90 Å². The summed E-state index contributed by atoms with van der Waals surface area (Å²) in [5, 5.41) is 9.65. The molecule has 47 heavy (non-hydrogen) atoms. The minimum Gasteiger partial charge on any atom is -0.454 e. The topological polar surface area (TPSA) is 16.4 Å². The molecule has 2 aromatic heterocycles. The molecule has 10 rings (SSSR count). The lowest BCUT2D eigenvalue weighted by Crippen LogP contribution is -2.11. The summed E-state index contributed by atoms with van der Waals surface area (Å²) in [6.45, 7) is 0. The van der Waals surface area contributed by atoms with Crippen LogP contribution in [-0.4, -0.2) is 0 Å². The normalized spacial score (nSPS) is 11.8. The Morgan fingerprint density at radius 3 is 2.02 bits per heavy atom. The molecule has 0 spiro atoms. The first kappa shape index (κ1) is 26.3. The maximum Gasteiger partial charge on any atom is 0.159 e. The Hall–Kier alpha value is -5.90. The zero-order valence-electron chi connectivity index (χ0n) is 25.4. The van der Waals surface area contributed by atoms with E-state index in [9.17, 15) is 0 Å². The molecule has 0 saturated carbocycles. The predicted molar refractivity (Wildman–Crippen MR) is 202 cm³/mol. The number of anilines is 3. The Morgan fingerprint density at radius 2 is 1.13 bits per heavy atom. The average Bonchev–Trinajstić information content (AvgIpc) is 3.72. The van der Waals surface area contributed by atoms with Crippen LogP contribution in [0.1, 0.15) is 0 Å². The minimum absolute atomic E-state index is 0.881. The van der Waals surface area contributed by atoms with Gasteiger partial charge in [0.15, 0.2) is 5.58 Å². The van der Waals surface area contributed by atoms with Crippen LogP contribution in [0, 0.1) is 0 Å². The van der Waals surface area contributed by atoms with Crippen LogP contribution in [-0.2, 0) is 0 Å². The van der Waals surface area contributed by atoms with Gasteiger partial charge < -0.3 is 9.32 Å². The van der Waals surface area contributed by atoms with Crippen LogP contribution in [0.2, 0.25) is 0 Å². The smallest absolute Gasteiger partial charge is 0.159 e. The summed E-state index contributed by atoms with van der Waals surface area (Å²) in [5.41, 5.74) is 7.50. The van der Waals surface area contributed by atoms with Crippen molar-refractivity contribution in [2.45, 2.75) is 0 Å². The number of para-hydroxylation sites is 2. The van der Waals surface area contributed by atoms with Gasteiger partial charge >= 0.3 is 0 Å². The van der Waals surface area contributed by atoms with E-state index >= 15 is 0 Å². The van der Waals surface area contributed by atoms with E-state index in [0.29, 0.717) is 0 Å². The summed E-state index contributed by atoms with van der Waals surface area (Å²) in [5.74, 6) is 0. The van der Waals surface area contributed by atoms with E-state index in [-0.39, 0.29) is 0 Å². The van der Waals surface area contributed by atoms with Crippen LogP contribution < -0.4 is 4.90 Å². The minimum atomic E-state index is 0.881. The van der Waals surface area contributed by atoms with E-state index < -0.39 is 0 Å². The first-order valence-corrected chi connectivity index (χ1v) is 16.8. The molecule has 3 heteroatoms. The fourth-order valence-electron chi connectivity index (χ4n) is 7.36. The molecule has 0 aliphatic heterocycles. The van der Waals surface area contributed by atoms with Crippen molar-refractivity contribution < 1.29 is 4.42 Å². The SMILES string of the molecule is c1ccc(-c2ccc(N(c3cccc4c3ccc3ccccc34)c3cccc4c3oc3ccccc34)c3c2sc2ccccc23)cc1. The molecule has 0 N–H and O–H groups in total. The van der Waals surface area contributed by atoms with E-state index in [1.807, 2.05) is 17.4 Å². The largest absolute Gasteiger partial charge is 0.454 e. The lowest BCUT2D eigenvalue weighted by atomic mass is 9.98. The van der Waals surface area contributed by atoms with Gasteiger partial charge in [-0.1, -0.05) is 133 Å². The molecule has 10 aromatic rings. The van der Waals surface area contributed by atoms with Gasteiger partial charge in [-0.25, -0.2) is 0 Å². The lowest BCUT2D eigenvalue weighted by Gasteiger charge is -2.28. The highest BCUT2D eigenvalue weighted by molar-refractivity contribution is 7.26. The number of thiophene rings is 1. The monoisotopic (exact) mass is 617 g/mol. The van der Waals surface area contributed by atoms with Gasteiger partial charge in [0, 0.05) is 36.3 Å². The summed E-state index contributed by atoms with van der Waals surface area (Å²) in [6.07, 6.45) is 0. The second kappa shape index (κ2) is 10.3. The average molecular weight is 618 g/mol. The van der Waals surface area contributed by atoms with Crippen LogP contribution in [0.25, 0.3) is 74.8 Å². The van der Waals surface area contributed by atoms with Crippen LogP contribution in [0.5, 0.6) is 0 Å². The van der Waals surface area contributed by atoms with Gasteiger partial charge in [-0.15, -0.1) is 11.3 Å². The molecule has 0 atom stereocenters. The third kappa shape index (κ3) is 3.97. The summed E-state index contributed by atoms with van der Waals surface area (Å²) in [4.78, 5) is 2.44. The van der Waals surface area contributed by atoms with Gasteiger partial charge in [0.25, 0.3) is 0 Å². The molecule has 0 aliphatic carbocycles. The Balaban J connectivity index is 1.36. The maximum absolute atomic E-state index is 6.72. The van der Waals surface area contributed by atoms with E-state index in [1.54, 1.807) is 0 Å². The van der Waals surface area contributed by atoms with Crippen molar-refractivity contribution in [1.82, 2.24) is 0 Å². The van der Waals surface area contributed by atoms with Crippen molar-refractivity contribution in [3.63, 3.8) is 0 Å². The number of nitrogens with zero attached hydrogens (tertiary/aromatic N) is 1. The van der Waals surface area contributed by atoms with E-state index in [2.05, 4.69) is 163 Å². The maximum atomic E-state index is 6.72. The molecule has 0 bridgehead atoms. The Kier molecular flexibility index (Phi) is 5.78. The van der Waals surface area contributed by atoms with Crippen LogP contribution in [0.15, 0.2) is 168 Å². The second-order valence-corrected chi connectivity index (χ2v) is 13.1. The first-order valence-electron chi connectivity index (χ1n) is 15.9. The highest BCUT2D eigenvalue weighted by Crippen LogP contribution is 2.51. The summed E-state index contributed by atoms with van der Waals surface area (Å²) in [6, 6.07) is 58.9. The van der Waals surface area contributed by atoms with Crippen LogP contribution in [0.4, 0.5) is 17.1 Å². The molecule has 0 fully saturated rings. The van der Waals surface area contributed by atoms with E-state index in [1.165, 1.54) is 52.8 Å². The van der Waals surface area contributed by atoms with Crippen molar-refractivity contribution >= 4 is 92.1 Å². The summed E-state index contributed by atoms with van der Waals surface area (Å²) < 4.78 is 9.28. The van der Waals surface area contributed by atoms with E-state index in [4.69, 9.17) is 4.42 Å².